The molecule has 1 amide bonds. The van der Waals surface area contributed by atoms with Crippen molar-refractivity contribution >= 4 is 18.3 Å². The van der Waals surface area contributed by atoms with Crippen LogP contribution >= 0.6 is 0 Å². The molecule has 0 saturated heterocycles. The Morgan fingerprint density at radius 2 is 2.31 bits per heavy atom. The predicted molar refractivity (Wildman–Crippen MR) is 109 cm³/mol. The Balaban J connectivity index is 1.65. The van der Waals surface area contributed by atoms with Crippen LogP contribution in [0.1, 0.15) is 47.8 Å². The lowest BCUT2D eigenvalue weighted by molar-refractivity contribution is 0.0639. The van der Waals surface area contributed by atoms with Gasteiger partial charge in [-0.25, -0.2) is 19.7 Å². The van der Waals surface area contributed by atoms with Crippen molar-refractivity contribution in [1.29, 1.82) is 0 Å². The first-order chi connectivity index (χ1) is 14.1. The number of fused-ring (bicyclic) bond motifs is 1. The molecule has 4 heterocycles. The Morgan fingerprint density at radius 1 is 1.45 bits per heavy atom. The minimum absolute atomic E-state index is 0.153. The van der Waals surface area contributed by atoms with Crippen LogP contribution in [0.15, 0.2) is 52.8 Å². The minimum Gasteiger partial charge on any atom is -0.348 e. The molecule has 2 aliphatic rings. The molecular weight excluding hydrogens is 388 g/mol. The molecule has 0 radical (unpaired) electrons. The number of imidazole rings is 1. The van der Waals surface area contributed by atoms with Crippen molar-refractivity contribution in [3.05, 3.63) is 65.6 Å². The highest BCUT2D eigenvalue weighted by Crippen LogP contribution is 2.33. The van der Waals surface area contributed by atoms with Crippen LogP contribution in [0.25, 0.3) is 0 Å². The Morgan fingerprint density at radius 3 is 3.03 bits per heavy atom. The van der Waals surface area contributed by atoms with Gasteiger partial charge in [-0.1, -0.05) is 23.5 Å². The average Bonchev–Trinajstić information content (AvgIpc) is 3.39. The smallest absolute Gasteiger partial charge is 0.291 e. The molecule has 10 heteroatoms. The van der Waals surface area contributed by atoms with Gasteiger partial charge in [-0.2, -0.15) is 5.10 Å². The lowest BCUT2D eigenvalue weighted by Gasteiger charge is -2.34. The molecule has 2 aromatic heterocycles. The van der Waals surface area contributed by atoms with Crippen molar-refractivity contribution in [3.8, 4) is 0 Å². The van der Waals surface area contributed by atoms with E-state index in [1.807, 2.05) is 23.1 Å². The second kappa shape index (κ2) is 8.08. The van der Waals surface area contributed by atoms with Gasteiger partial charge >= 0.3 is 0 Å². The van der Waals surface area contributed by atoms with E-state index < -0.39 is 0 Å². The van der Waals surface area contributed by atoms with Gasteiger partial charge in [0.15, 0.2) is 0 Å². The van der Waals surface area contributed by atoms with Crippen LogP contribution in [0.3, 0.4) is 0 Å². The van der Waals surface area contributed by atoms with E-state index in [1.54, 1.807) is 18.4 Å². The molecule has 0 fully saturated rings. The molecule has 1 atom stereocenters. The number of rotatable bonds is 5. The predicted octanol–water partition coefficient (Wildman–Crippen LogP) is 2.36. The highest BCUT2D eigenvalue weighted by Gasteiger charge is 2.34. The van der Waals surface area contributed by atoms with Gasteiger partial charge < -0.3 is 9.88 Å². The number of nitrogens with zero attached hydrogens (tertiary/aromatic N) is 7. The summed E-state index contributed by atoms with van der Waals surface area (Å²) >= 11 is 4.98. The molecule has 4 rings (SSSR count). The van der Waals surface area contributed by atoms with Crippen molar-refractivity contribution in [1.82, 2.24) is 34.6 Å². The van der Waals surface area contributed by atoms with E-state index in [0.29, 0.717) is 18.8 Å². The van der Waals surface area contributed by atoms with Gasteiger partial charge in [-0.3, -0.25) is 4.79 Å². The Bertz CT molecular complexity index is 1020. The molecule has 1 N–H and O–H groups in total. The zero-order chi connectivity index (χ0) is 20.4. The molecule has 0 aromatic carbocycles. The van der Waals surface area contributed by atoms with Gasteiger partial charge in [0.2, 0.25) is 5.82 Å². The van der Waals surface area contributed by atoms with E-state index in [9.17, 15) is 4.79 Å². The molecule has 0 saturated carbocycles. The zero-order valence-electron chi connectivity index (χ0n) is 16.3. The van der Waals surface area contributed by atoms with Crippen LogP contribution in [-0.2, 0) is 25.9 Å². The molecule has 9 nitrogen and oxygen atoms in total. The summed E-state index contributed by atoms with van der Waals surface area (Å²) < 4.78 is 5.49. The lowest BCUT2D eigenvalue weighted by Crippen LogP contribution is -2.41. The van der Waals surface area contributed by atoms with Gasteiger partial charge in [0.1, 0.15) is 6.33 Å². The first kappa shape index (κ1) is 19.2. The summed E-state index contributed by atoms with van der Waals surface area (Å²) in [5, 5.41) is 5.79. The Hall–Kier alpha value is -3.14. The van der Waals surface area contributed by atoms with Gasteiger partial charge in [0, 0.05) is 31.4 Å². The second-order valence-corrected chi connectivity index (χ2v) is 7.03. The monoisotopic (exact) mass is 410 g/mol. The summed E-state index contributed by atoms with van der Waals surface area (Å²) in [7, 11) is 1.72. The fourth-order valence-electron chi connectivity index (χ4n) is 3.77. The number of hydrogen-bond acceptors (Lipinski definition) is 6. The highest BCUT2D eigenvalue weighted by molar-refractivity contribution is 7.47. The summed E-state index contributed by atoms with van der Waals surface area (Å²) in [5.41, 5.74) is 3.88. The Kier molecular flexibility index (Phi) is 5.34. The minimum atomic E-state index is -0.210. The van der Waals surface area contributed by atoms with Gasteiger partial charge in [0.25, 0.3) is 5.91 Å². The van der Waals surface area contributed by atoms with Crippen molar-refractivity contribution in [3.63, 3.8) is 0 Å². The third-order valence-corrected chi connectivity index (χ3v) is 5.44. The van der Waals surface area contributed by atoms with Crippen LogP contribution in [-0.4, -0.2) is 47.1 Å². The molecule has 29 heavy (non-hydrogen) atoms. The van der Waals surface area contributed by atoms with E-state index in [4.69, 9.17) is 12.4 Å². The number of hydrogen-bond donors (Lipinski definition) is 1. The van der Waals surface area contributed by atoms with Crippen LogP contribution in [0.4, 0.5) is 0 Å². The number of aromatic nitrogens is 5. The van der Waals surface area contributed by atoms with E-state index in [2.05, 4.69) is 37.5 Å². The fraction of sp³-hybridized carbons (Fsp3) is 0.368. The summed E-state index contributed by atoms with van der Waals surface area (Å²) in [5.74, 6) is 0.165. The first-order valence-corrected chi connectivity index (χ1v) is 9.88. The molecular formula is C19H22N8OS. The summed E-state index contributed by atoms with van der Waals surface area (Å²) in [6, 6.07) is -0.210. The van der Waals surface area contributed by atoms with Gasteiger partial charge in [-0.15, -0.1) is 0 Å². The van der Waals surface area contributed by atoms with Crippen molar-refractivity contribution in [2.24, 2.45) is 11.5 Å². The molecule has 0 unspecified atom stereocenters. The normalized spacial score (nSPS) is 20.0. The number of carbonyl (C=O) groups is 1. The third kappa shape index (κ3) is 3.51. The van der Waals surface area contributed by atoms with Gasteiger partial charge in [0.05, 0.1) is 36.2 Å². The molecule has 150 valence electrons. The van der Waals surface area contributed by atoms with Crippen LogP contribution < -0.4 is 0 Å². The lowest BCUT2D eigenvalue weighted by atomic mass is 9.98. The molecule has 0 aliphatic carbocycles. The maximum Gasteiger partial charge on any atom is 0.291 e. The number of nitrogens with one attached hydrogen (secondary N) is 1. The molecule has 0 bridgehead atoms. The summed E-state index contributed by atoms with van der Waals surface area (Å²) in [6.07, 6.45) is 13.2. The second-order valence-electron chi connectivity index (χ2n) is 6.87. The van der Waals surface area contributed by atoms with E-state index in [0.717, 1.165) is 35.6 Å². The maximum absolute atomic E-state index is 13.2. The van der Waals surface area contributed by atoms with Crippen LogP contribution in [0, 0.1) is 0 Å². The summed E-state index contributed by atoms with van der Waals surface area (Å²) in [6.45, 7) is 2.65. The quantitative estimate of drug-likeness (QED) is 0.813. The van der Waals surface area contributed by atoms with Crippen molar-refractivity contribution < 1.29 is 4.79 Å². The first-order valence-electron chi connectivity index (χ1n) is 9.52. The topological polar surface area (TPSA) is 95.3 Å². The number of allylic oxidation sites excluding steroid dienone is 4. The number of carbonyl (C=O) groups excluding carboxylic acids is 1. The largest absolute Gasteiger partial charge is 0.348 e. The maximum atomic E-state index is 13.2. The Labute approximate surface area is 174 Å². The van der Waals surface area contributed by atoms with Gasteiger partial charge in [-0.05, 0) is 25.0 Å². The average molecular weight is 411 g/mol. The summed E-state index contributed by atoms with van der Waals surface area (Å²) in [4.78, 5) is 26.8. The van der Waals surface area contributed by atoms with Crippen molar-refractivity contribution in [2.45, 2.75) is 32.2 Å². The van der Waals surface area contributed by atoms with Crippen LogP contribution in [0.2, 0.25) is 0 Å². The highest BCUT2D eigenvalue weighted by atomic mass is 32.1. The van der Waals surface area contributed by atoms with E-state index in [1.165, 1.54) is 11.0 Å². The fourth-order valence-corrected chi connectivity index (χ4v) is 3.97. The molecule has 2 aromatic rings. The molecule has 0 spiro atoms. The zero-order valence-corrected chi connectivity index (χ0v) is 17.1. The van der Waals surface area contributed by atoms with E-state index in [-0.39, 0.29) is 11.9 Å². The third-order valence-electron chi connectivity index (χ3n) is 5.28. The number of aryl methyl sites for hydroxylation is 1. The van der Waals surface area contributed by atoms with E-state index >= 15 is 0 Å². The standard InChI is InChI=1S/C19H22N8OS/c1-3-13-5-4-6-14(27(13)24-29)7-8-16-17-15(20-11-21-17)9-10-26(16)19(28)18-22-12-23-25(18)2/h4-7,11-12,16H,3,8-10H2,1-2H3,(H,20,21)/b14-7-/t16-/m0/s1. The number of amides is 1. The van der Waals surface area contributed by atoms with Crippen LogP contribution in [0.5, 0.6) is 0 Å². The number of aromatic amines is 1. The number of H-pyrrole nitrogens is 1. The van der Waals surface area contributed by atoms with Crippen molar-refractivity contribution in [2.75, 3.05) is 6.54 Å². The SMILES string of the molecule is CCC1=CC=C/C(=C/C[C@H]2c3nc[nH]c3CCN2C(=O)c2ncnn2C)N1N=S. The molecule has 2 aliphatic heterocycles.